The number of rotatable bonds is 6. The number of amides is 1. The van der Waals surface area contributed by atoms with E-state index in [0.717, 1.165) is 19.3 Å². The van der Waals surface area contributed by atoms with Crippen molar-refractivity contribution >= 4 is 11.9 Å². The fraction of sp³-hybridized carbons (Fsp3) is 0.556. The maximum absolute atomic E-state index is 12.4. The monoisotopic (exact) mass is 319 g/mol. The fourth-order valence-corrected chi connectivity index (χ4v) is 2.78. The lowest BCUT2D eigenvalue weighted by atomic mass is 10.0. The summed E-state index contributed by atoms with van der Waals surface area (Å²) in [5.41, 5.74) is 1.46. The number of aryl methyl sites for hydroxylation is 2. The molecular formula is C18H25NO4. The van der Waals surface area contributed by atoms with Gasteiger partial charge in [0.15, 0.2) is 5.60 Å². The number of nitrogens with one attached hydrogen (secondary N) is 1. The summed E-state index contributed by atoms with van der Waals surface area (Å²) in [6.07, 6.45) is 3.28. The van der Waals surface area contributed by atoms with Gasteiger partial charge < -0.3 is 15.2 Å². The Labute approximate surface area is 137 Å². The summed E-state index contributed by atoms with van der Waals surface area (Å²) >= 11 is 0. The molecule has 1 unspecified atom stereocenters. The zero-order chi connectivity index (χ0) is 17.2. The molecule has 0 spiro atoms. The molecule has 1 aromatic rings. The molecule has 5 heteroatoms. The Hall–Kier alpha value is -2.04. The maximum atomic E-state index is 12.4. The lowest BCUT2D eigenvalue weighted by Crippen LogP contribution is -2.53. The normalized spacial score (nSPS) is 15.2. The van der Waals surface area contributed by atoms with Crippen molar-refractivity contribution in [3.8, 4) is 5.75 Å². The molecule has 1 atom stereocenters. The van der Waals surface area contributed by atoms with Gasteiger partial charge in [0.05, 0.1) is 0 Å². The first kappa shape index (κ1) is 17.3. The first-order valence-electron chi connectivity index (χ1n) is 8.05. The summed E-state index contributed by atoms with van der Waals surface area (Å²) < 4.78 is 5.84. The van der Waals surface area contributed by atoms with E-state index in [1.807, 2.05) is 18.2 Å². The van der Waals surface area contributed by atoms with Crippen molar-refractivity contribution in [2.75, 3.05) is 0 Å². The molecule has 0 saturated carbocycles. The van der Waals surface area contributed by atoms with Crippen LogP contribution < -0.4 is 10.1 Å². The summed E-state index contributed by atoms with van der Waals surface area (Å²) in [4.78, 5) is 23.7. The third-order valence-corrected chi connectivity index (χ3v) is 4.21. The lowest BCUT2D eigenvalue weighted by Gasteiger charge is -2.28. The number of ether oxygens (including phenoxy) is 1. The van der Waals surface area contributed by atoms with Gasteiger partial charge in [0.2, 0.25) is 0 Å². The molecule has 1 aliphatic carbocycles. The van der Waals surface area contributed by atoms with E-state index in [0.29, 0.717) is 5.75 Å². The minimum Gasteiger partial charge on any atom is -0.480 e. The van der Waals surface area contributed by atoms with Gasteiger partial charge in [-0.3, -0.25) is 4.79 Å². The number of carbonyl (C=O) groups excluding carboxylic acids is 1. The van der Waals surface area contributed by atoms with Gasteiger partial charge in [0, 0.05) is 0 Å². The van der Waals surface area contributed by atoms with Crippen molar-refractivity contribution in [1.82, 2.24) is 5.32 Å². The number of carbonyl (C=O) groups is 2. The molecule has 0 heterocycles. The van der Waals surface area contributed by atoms with Crippen LogP contribution in [0.1, 0.15) is 45.2 Å². The van der Waals surface area contributed by atoms with Crippen LogP contribution in [0.5, 0.6) is 5.75 Å². The first-order chi connectivity index (χ1) is 10.7. The highest BCUT2D eigenvalue weighted by Crippen LogP contribution is 2.28. The largest absolute Gasteiger partial charge is 0.480 e. The van der Waals surface area contributed by atoms with Gasteiger partial charge in [-0.15, -0.1) is 0 Å². The van der Waals surface area contributed by atoms with Gasteiger partial charge in [-0.25, -0.2) is 4.79 Å². The van der Waals surface area contributed by atoms with Gasteiger partial charge in [-0.1, -0.05) is 19.9 Å². The van der Waals surface area contributed by atoms with Crippen molar-refractivity contribution in [2.45, 2.75) is 58.6 Å². The van der Waals surface area contributed by atoms with Crippen LogP contribution in [0.3, 0.4) is 0 Å². The highest BCUT2D eigenvalue weighted by atomic mass is 16.5. The number of hydrogen-bond acceptors (Lipinski definition) is 3. The van der Waals surface area contributed by atoms with Crippen LogP contribution in [0.2, 0.25) is 0 Å². The van der Waals surface area contributed by atoms with E-state index in [9.17, 15) is 14.7 Å². The number of aliphatic carboxylic acids is 1. The summed E-state index contributed by atoms with van der Waals surface area (Å²) in [5.74, 6) is -1.03. The van der Waals surface area contributed by atoms with Crippen molar-refractivity contribution < 1.29 is 19.4 Å². The van der Waals surface area contributed by atoms with E-state index in [1.54, 1.807) is 27.7 Å². The summed E-state index contributed by atoms with van der Waals surface area (Å²) in [5, 5.41) is 11.8. The molecular weight excluding hydrogens is 294 g/mol. The molecule has 0 fully saturated rings. The number of carboxylic acid groups (broad SMARTS) is 1. The molecule has 23 heavy (non-hydrogen) atoms. The van der Waals surface area contributed by atoms with Crippen LogP contribution in [0, 0.1) is 5.92 Å². The predicted octanol–water partition coefficient (Wildman–Crippen LogP) is 2.56. The summed E-state index contributed by atoms with van der Waals surface area (Å²) in [7, 11) is 0. The third-order valence-electron chi connectivity index (χ3n) is 4.21. The standard InChI is InChI=1S/C18H25NO4/c1-11(2)15(16(20)21)19-17(22)18(3,4)23-14-9-8-12-6-5-7-13(12)10-14/h8-11,15H,5-7H2,1-4H3,(H,19,22)(H,20,21). The van der Waals surface area contributed by atoms with Gasteiger partial charge in [0.1, 0.15) is 11.8 Å². The SMILES string of the molecule is CC(C)C(NC(=O)C(C)(C)Oc1ccc2c(c1)CCC2)C(=O)O. The summed E-state index contributed by atoms with van der Waals surface area (Å²) in [6, 6.07) is 4.97. The van der Waals surface area contributed by atoms with Crippen molar-refractivity contribution in [3.63, 3.8) is 0 Å². The molecule has 0 bridgehead atoms. The molecule has 2 N–H and O–H groups in total. The number of fused-ring (bicyclic) bond motifs is 1. The lowest BCUT2D eigenvalue weighted by molar-refractivity contribution is -0.146. The molecule has 0 radical (unpaired) electrons. The smallest absolute Gasteiger partial charge is 0.326 e. The van der Waals surface area contributed by atoms with Crippen LogP contribution >= 0.6 is 0 Å². The second-order valence-electron chi connectivity index (χ2n) is 6.93. The van der Waals surface area contributed by atoms with Crippen molar-refractivity contribution in [1.29, 1.82) is 0 Å². The highest BCUT2D eigenvalue weighted by Gasteiger charge is 2.34. The average molecular weight is 319 g/mol. The zero-order valence-electron chi connectivity index (χ0n) is 14.2. The summed E-state index contributed by atoms with van der Waals surface area (Å²) in [6.45, 7) is 6.81. The van der Waals surface area contributed by atoms with Gasteiger partial charge >= 0.3 is 5.97 Å². The molecule has 1 aromatic carbocycles. The Bertz CT molecular complexity index is 607. The fourth-order valence-electron chi connectivity index (χ4n) is 2.78. The molecule has 1 amide bonds. The number of hydrogen-bond donors (Lipinski definition) is 2. The van der Waals surface area contributed by atoms with Crippen LogP contribution in [-0.2, 0) is 22.4 Å². The quantitative estimate of drug-likeness (QED) is 0.845. The average Bonchev–Trinajstić information content (AvgIpc) is 2.90. The zero-order valence-corrected chi connectivity index (χ0v) is 14.2. The van der Waals surface area contributed by atoms with Gasteiger partial charge in [-0.2, -0.15) is 0 Å². The predicted molar refractivity (Wildman–Crippen MR) is 87.6 cm³/mol. The van der Waals surface area contributed by atoms with E-state index in [4.69, 9.17) is 4.74 Å². The van der Waals surface area contributed by atoms with Crippen LogP contribution in [0.15, 0.2) is 18.2 Å². The third kappa shape index (κ3) is 4.03. The Morgan fingerprint density at radius 2 is 1.87 bits per heavy atom. The molecule has 5 nitrogen and oxygen atoms in total. The Kier molecular flexibility index (Phi) is 4.97. The van der Waals surface area contributed by atoms with Crippen LogP contribution in [0.25, 0.3) is 0 Å². The van der Waals surface area contributed by atoms with E-state index >= 15 is 0 Å². The second-order valence-corrected chi connectivity index (χ2v) is 6.93. The topological polar surface area (TPSA) is 75.6 Å². The van der Waals surface area contributed by atoms with E-state index < -0.39 is 23.5 Å². The maximum Gasteiger partial charge on any atom is 0.326 e. The first-order valence-corrected chi connectivity index (χ1v) is 8.05. The Morgan fingerprint density at radius 1 is 1.22 bits per heavy atom. The number of benzene rings is 1. The minimum absolute atomic E-state index is 0.202. The molecule has 2 rings (SSSR count). The molecule has 0 aliphatic heterocycles. The number of carboxylic acids is 1. The second kappa shape index (κ2) is 6.60. The minimum atomic E-state index is -1.14. The molecule has 0 aromatic heterocycles. The van der Waals surface area contributed by atoms with Crippen molar-refractivity contribution in [3.05, 3.63) is 29.3 Å². The van der Waals surface area contributed by atoms with E-state index in [2.05, 4.69) is 5.32 Å². The van der Waals surface area contributed by atoms with Gasteiger partial charge in [-0.05, 0) is 62.3 Å². The Morgan fingerprint density at radius 3 is 2.48 bits per heavy atom. The molecule has 1 aliphatic rings. The van der Waals surface area contributed by atoms with Crippen LogP contribution in [-0.4, -0.2) is 28.6 Å². The Balaban J connectivity index is 2.08. The van der Waals surface area contributed by atoms with E-state index in [-0.39, 0.29) is 5.92 Å². The molecule has 0 saturated heterocycles. The highest BCUT2D eigenvalue weighted by molar-refractivity contribution is 5.89. The van der Waals surface area contributed by atoms with Gasteiger partial charge in [0.25, 0.3) is 5.91 Å². The molecule has 126 valence electrons. The van der Waals surface area contributed by atoms with Crippen LogP contribution in [0.4, 0.5) is 0 Å². The van der Waals surface area contributed by atoms with Crippen molar-refractivity contribution in [2.24, 2.45) is 5.92 Å². The van der Waals surface area contributed by atoms with E-state index in [1.165, 1.54) is 11.1 Å².